The summed E-state index contributed by atoms with van der Waals surface area (Å²) in [5.74, 6) is -0.874. The molecule has 0 bridgehead atoms. The van der Waals surface area contributed by atoms with Gasteiger partial charge in [0, 0.05) is 25.5 Å². The molecule has 164 valence electrons. The van der Waals surface area contributed by atoms with Crippen molar-refractivity contribution in [3.05, 3.63) is 108 Å². The lowest BCUT2D eigenvalue weighted by molar-refractivity contribution is 0.0520. The van der Waals surface area contributed by atoms with Gasteiger partial charge in [0.25, 0.3) is 5.91 Å². The van der Waals surface area contributed by atoms with Crippen molar-refractivity contribution < 1.29 is 14.3 Å². The maximum atomic E-state index is 11.4. The minimum atomic E-state index is -0.498. The van der Waals surface area contributed by atoms with Gasteiger partial charge < -0.3 is 19.6 Å². The van der Waals surface area contributed by atoms with E-state index in [1.807, 2.05) is 69.8 Å². The second kappa shape index (κ2) is 11.3. The molecule has 2 aromatic heterocycles. The Balaban J connectivity index is 0.000000182. The van der Waals surface area contributed by atoms with Gasteiger partial charge in [0.1, 0.15) is 5.69 Å². The van der Waals surface area contributed by atoms with Gasteiger partial charge in [-0.15, -0.1) is 0 Å². The van der Waals surface area contributed by atoms with Crippen LogP contribution in [0.2, 0.25) is 0 Å². The number of nitrogens with zero attached hydrogens (tertiary/aromatic N) is 4. The van der Waals surface area contributed by atoms with E-state index in [9.17, 15) is 9.59 Å². The Labute approximate surface area is 186 Å². The van der Waals surface area contributed by atoms with Crippen LogP contribution in [-0.4, -0.2) is 37.6 Å². The van der Waals surface area contributed by atoms with E-state index in [0.717, 1.165) is 5.56 Å². The van der Waals surface area contributed by atoms with E-state index < -0.39 is 5.91 Å². The molecule has 8 heteroatoms. The van der Waals surface area contributed by atoms with Crippen molar-refractivity contribution in [2.45, 2.75) is 20.0 Å². The molecule has 0 fully saturated rings. The number of aromatic nitrogens is 4. The zero-order chi connectivity index (χ0) is 22.8. The van der Waals surface area contributed by atoms with Gasteiger partial charge in [-0.2, -0.15) is 0 Å². The van der Waals surface area contributed by atoms with Crippen molar-refractivity contribution >= 4 is 11.9 Å². The Kier molecular flexibility index (Phi) is 7.91. The standard InChI is InChI=1S/C13H14N2O2.C11H11N3O/c1-2-17-13(16)12-9-15(10-14-12)8-11-6-4-3-5-7-11;12-11(15)10-7-14(8-13-10)6-9-4-2-1-3-5-9/h3-7,9-10H,2,8H2,1H3;1-5,7-8H,6H2,(H2,12,15). The summed E-state index contributed by atoms with van der Waals surface area (Å²) in [5, 5.41) is 0. The van der Waals surface area contributed by atoms with E-state index >= 15 is 0 Å². The molecular formula is C24H25N5O3. The van der Waals surface area contributed by atoms with Crippen LogP contribution in [0.25, 0.3) is 0 Å². The summed E-state index contributed by atoms with van der Waals surface area (Å²) in [6.07, 6.45) is 6.59. The van der Waals surface area contributed by atoms with Gasteiger partial charge in [0.15, 0.2) is 5.69 Å². The molecular weight excluding hydrogens is 406 g/mol. The Morgan fingerprint density at radius 3 is 1.72 bits per heavy atom. The second-order valence-corrected chi connectivity index (χ2v) is 6.92. The summed E-state index contributed by atoms with van der Waals surface area (Å²) < 4.78 is 8.57. The fraction of sp³-hybridized carbons (Fsp3) is 0.167. The smallest absolute Gasteiger partial charge is 0.358 e. The third-order valence-corrected chi connectivity index (χ3v) is 4.42. The van der Waals surface area contributed by atoms with Crippen LogP contribution in [0.1, 0.15) is 39.0 Å². The first-order chi connectivity index (χ1) is 15.5. The lowest BCUT2D eigenvalue weighted by Crippen LogP contribution is -2.11. The maximum absolute atomic E-state index is 11.4. The number of imidazole rings is 2. The molecule has 0 spiro atoms. The van der Waals surface area contributed by atoms with Crippen molar-refractivity contribution in [1.29, 1.82) is 0 Å². The van der Waals surface area contributed by atoms with Crippen molar-refractivity contribution in [3.8, 4) is 0 Å². The van der Waals surface area contributed by atoms with E-state index in [4.69, 9.17) is 10.5 Å². The molecule has 0 saturated heterocycles. The second-order valence-electron chi connectivity index (χ2n) is 6.92. The number of hydrogen-bond donors (Lipinski definition) is 1. The maximum Gasteiger partial charge on any atom is 0.358 e. The lowest BCUT2D eigenvalue weighted by atomic mass is 10.2. The van der Waals surface area contributed by atoms with Crippen LogP contribution in [0, 0.1) is 0 Å². The number of rotatable bonds is 7. The highest BCUT2D eigenvalue weighted by Gasteiger charge is 2.09. The van der Waals surface area contributed by atoms with Crippen LogP contribution in [0.15, 0.2) is 85.7 Å². The molecule has 0 unspecified atom stereocenters. The predicted molar refractivity (Wildman–Crippen MR) is 120 cm³/mol. The number of hydrogen-bond acceptors (Lipinski definition) is 5. The fourth-order valence-electron chi connectivity index (χ4n) is 2.92. The number of carbonyl (C=O) groups is 2. The molecule has 0 aliphatic carbocycles. The Hall–Kier alpha value is -4.20. The van der Waals surface area contributed by atoms with Crippen LogP contribution < -0.4 is 5.73 Å². The lowest BCUT2D eigenvalue weighted by Gasteiger charge is -2.01. The molecule has 1 amide bonds. The van der Waals surface area contributed by atoms with Crippen molar-refractivity contribution in [2.75, 3.05) is 6.61 Å². The summed E-state index contributed by atoms with van der Waals surface area (Å²) in [6, 6.07) is 20.0. The van der Waals surface area contributed by atoms with Gasteiger partial charge in [-0.3, -0.25) is 4.79 Å². The van der Waals surface area contributed by atoms with Crippen LogP contribution in [0.5, 0.6) is 0 Å². The van der Waals surface area contributed by atoms with Crippen LogP contribution >= 0.6 is 0 Å². The monoisotopic (exact) mass is 431 g/mol. The normalized spacial score (nSPS) is 10.2. The SMILES string of the molecule is CCOC(=O)c1cn(Cc2ccccc2)cn1.NC(=O)c1cn(Cc2ccccc2)cn1. The van der Waals surface area contributed by atoms with Gasteiger partial charge in [-0.1, -0.05) is 60.7 Å². The van der Waals surface area contributed by atoms with Crippen molar-refractivity contribution in [3.63, 3.8) is 0 Å². The molecule has 2 aromatic carbocycles. The number of ether oxygens (including phenoxy) is 1. The molecule has 0 radical (unpaired) electrons. The molecule has 8 nitrogen and oxygen atoms in total. The largest absolute Gasteiger partial charge is 0.461 e. The molecule has 4 aromatic rings. The molecule has 0 aliphatic heterocycles. The number of carbonyl (C=O) groups excluding carboxylic acids is 2. The number of amides is 1. The van der Waals surface area contributed by atoms with Gasteiger partial charge in [0.2, 0.25) is 0 Å². The van der Waals surface area contributed by atoms with Crippen LogP contribution in [0.3, 0.4) is 0 Å². The molecule has 0 aliphatic rings. The van der Waals surface area contributed by atoms with Crippen molar-refractivity contribution in [1.82, 2.24) is 19.1 Å². The van der Waals surface area contributed by atoms with Crippen molar-refractivity contribution in [2.24, 2.45) is 5.73 Å². The van der Waals surface area contributed by atoms with Crippen LogP contribution in [-0.2, 0) is 17.8 Å². The molecule has 2 N–H and O–H groups in total. The van der Waals surface area contributed by atoms with Gasteiger partial charge in [-0.05, 0) is 18.1 Å². The van der Waals surface area contributed by atoms with Gasteiger partial charge in [0.05, 0.1) is 19.3 Å². The summed E-state index contributed by atoms with van der Waals surface area (Å²) in [5.41, 5.74) is 8.08. The van der Waals surface area contributed by atoms with E-state index in [0.29, 0.717) is 31.1 Å². The molecule has 0 atom stereocenters. The highest BCUT2D eigenvalue weighted by atomic mass is 16.5. The van der Waals surface area contributed by atoms with E-state index in [1.165, 1.54) is 5.56 Å². The number of primary amides is 1. The average Bonchev–Trinajstić information content (AvgIpc) is 3.46. The number of benzene rings is 2. The first-order valence-corrected chi connectivity index (χ1v) is 10.1. The third-order valence-electron chi connectivity index (χ3n) is 4.42. The summed E-state index contributed by atoms with van der Waals surface area (Å²) in [6.45, 7) is 3.54. The first-order valence-electron chi connectivity index (χ1n) is 10.1. The molecule has 2 heterocycles. The zero-order valence-electron chi connectivity index (χ0n) is 17.8. The zero-order valence-corrected chi connectivity index (χ0v) is 17.8. The Morgan fingerprint density at radius 1 is 0.812 bits per heavy atom. The van der Waals surface area contributed by atoms with Gasteiger partial charge in [-0.25, -0.2) is 14.8 Å². The highest BCUT2D eigenvalue weighted by Crippen LogP contribution is 2.05. The van der Waals surface area contributed by atoms with Crippen LogP contribution in [0.4, 0.5) is 0 Å². The minimum Gasteiger partial charge on any atom is -0.461 e. The van der Waals surface area contributed by atoms with E-state index in [2.05, 4.69) is 9.97 Å². The number of nitrogens with two attached hydrogens (primary N) is 1. The third kappa shape index (κ3) is 6.66. The average molecular weight is 431 g/mol. The first kappa shape index (κ1) is 22.5. The van der Waals surface area contributed by atoms with Gasteiger partial charge >= 0.3 is 5.97 Å². The Morgan fingerprint density at radius 2 is 1.28 bits per heavy atom. The molecule has 4 rings (SSSR count). The summed E-state index contributed by atoms with van der Waals surface area (Å²) in [4.78, 5) is 30.1. The quantitative estimate of drug-likeness (QED) is 0.453. The fourth-order valence-corrected chi connectivity index (χ4v) is 2.92. The summed E-state index contributed by atoms with van der Waals surface area (Å²) in [7, 11) is 0. The topological polar surface area (TPSA) is 105 Å². The Bertz CT molecular complexity index is 1140. The highest BCUT2D eigenvalue weighted by molar-refractivity contribution is 5.90. The summed E-state index contributed by atoms with van der Waals surface area (Å²) >= 11 is 0. The molecule has 0 saturated carbocycles. The molecule has 32 heavy (non-hydrogen) atoms. The van der Waals surface area contributed by atoms with E-state index in [-0.39, 0.29) is 5.97 Å². The predicted octanol–water partition coefficient (Wildman–Crippen LogP) is 3.14. The minimum absolute atomic E-state index is 0.297. The van der Waals surface area contributed by atoms with E-state index in [1.54, 1.807) is 32.0 Å². The number of esters is 1.